The fourth-order valence-corrected chi connectivity index (χ4v) is 7.06. The predicted molar refractivity (Wildman–Crippen MR) is 192 cm³/mol. The Balaban J connectivity index is 1.28. The zero-order chi connectivity index (χ0) is 30.9. The second-order valence-corrected chi connectivity index (χ2v) is 12.1. The molecule has 0 unspecified atom stereocenters. The molecule has 0 saturated carbocycles. The van der Waals surface area contributed by atoms with E-state index in [9.17, 15) is 0 Å². The van der Waals surface area contributed by atoms with Crippen LogP contribution < -0.4 is 5.32 Å². The van der Waals surface area contributed by atoms with Gasteiger partial charge in [0.15, 0.2) is 17.5 Å². The van der Waals surface area contributed by atoms with Crippen molar-refractivity contribution in [3.8, 4) is 34.2 Å². The molecule has 0 bridgehead atoms. The van der Waals surface area contributed by atoms with Crippen molar-refractivity contribution in [1.29, 1.82) is 0 Å². The maximum absolute atomic E-state index is 6.44. The predicted octanol–water partition coefficient (Wildman–Crippen LogP) is 10.3. The number of hydrogen-bond donors (Lipinski definition) is 1. The lowest BCUT2D eigenvalue weighted by atomic mass is 9.96. The van der Waals surface area contributed by atoms with Gasteiger partial charge in [-0.15, -0.1) is 0 Å². The van der Waals surface area contributed by atoms with E-state index in [1.165, 1.54) is 27.3 Å². The van der Waals surface area contributed by atoms with Crippen LogP contribution in [-0.2, 0) is 6.54 Å². The van der Waals surface area contributed by atoms with E-state index in [-0.39, 0.29) is 0 Å². The summed E-state index contributed by atoms with van der Waals surface area (Å²) in [5, 5.41) is 12.3. The van der Waals surface area contributed by atoms with E-state index in [2.05, 4.69) is 127 Å². The third-order valence-electron chi connectivity index (χ3n) is 9.32. The summed E-state index contributed by atoms with van der Waals surface area (Å²) in [7, 11) is 0. The van der Waals surface area contributed by atoms with Crippen LogP contribution in [-0.4, -0.2) is 15.0 Å². The third-order valence-corrected chi connectivity index (χ3v) is 9.32. The number of furan rings is 1. The van der Waals surface area contributed by atoms with Crippen LogP contribution in [0.25, 0.3) is 94.5 Å². The van der Waals surface area contributed by atoms with Gasteiger partial charge in [-0.3, -0.25) is 0 Å². The maximum atomic E-state index is 6.44. The molecule has 1 N–H and O–H groups in total. The van der Waals surface area contributed by atoms with E-state index >= 15 is 0 Å². The molecule has 1 aliphatic rings. The quantitative estimate of drug-likeness (QED) is 0.204. The lowest BCUT2D eigenvalue weighted by molar-refractivity contribution is 0.668. The van der Waals surface area contributed by atoms with Gasteiger partial charge in [0, 0.05) is 34.0 Å². The molecule has 5 heteroatoms. The van der Waals surface area contributed by atoms with Crippen LogP contribution in [0.3, 0.4) is 0 Å². The number of benzene rings is 7. The van der Waals surface area contributed by atoms with E-state index in [4.69, 9.17) is 19.4 Å². The minimum Gasteiger partial charge on any atom is -0.456 e. The Morgan fingerprint density at radius 2 is 1.26 bits per heavy atom. The van der Waals surface area contributed by atoms with Gasteiger partial charge in [-0.1, -0.05) is 97.1 Å². The topological polar surface area (TPSA) is 63.8 Å². The van der Waals surface area contributed by atoms with Gasteiger partial charge in [0.05, 0.1) is 0 Å². The molecule has 0 radical (unpaired) electrons. The Labute approximate surface area is 269 Å². The van der Waals surface area contributed by atoms with Gasteiger partial charge >= 0.3 is 0 Å². The van der Waals surface area contributed by atoms with Gasteiger partial charge in [0.1, 0.15) is 11.2 Å². The number of nitrogens with one attached hydrogen (secondary N) is 1. The average Bonchev–Trinajstić information content (AvgIpc) is 3.50. The Morgan fingerprint density at radius 1 is 0.511 bits per heavy atom. The fourth-order valence-electron chi connectivity index (χ4n) is 7.06. The Hall–Kier alpha value is -6.33. The highest BCUT2D eigenvalue weighted by Crippen LogP contribution is 2.40. The molecule has 47 heavy (non-hydrogen) atoms. The summed E-state index contributed by atoms with van der Waals surface area (Å²) in [4.78, 5) is 15.6. The van der Waals surface area contributed by atoms with Gasteiger partial charge in [-0.05, 0) is 86.1 Å². The first kappa shape index (κ1) is 25.9. The van der Waals surface area contributed by atoms with Gasteiger partial charge in [0.2, 0.25) is 0 Å². The molecule has 2 aromatic heterocycles. The van der Waals surface area contributed by atoms with Gasteiger partial charge < -0.3 is 9.73 Å². The summed E-state index contributed by atoms with van der Waals surface area (Å²) < 4.78 is 6.44. The van der Waals surface area contributed by atoms with Crippen LogP contribution >= 0.6 is 0 Å². The summed E-state index contributed by atoms with van der Waals surface area (Å²) in [6, 6.07) is 44.5. The molecule has 0 fully saturated rings. The number of rotatable bonds is 3. The van der Waals surface area contributed by atoms with Crippen molar-refractivity contribution in [3.05, 3.63) is 145 Å². The molecule has 0 amide bonds. The Kier molecular flexibility index (Phi) is 5.57. The lowest BCUT2D eigenvalue weighted by Gasteiger charge is -2.13. The van der Waals surface area contributed by atoms with E-state index in [0.29, 0.717) is 17.5 Å². The van der Waals surface area contributed by atoms with E-state index in [1.807, 2.05) is 18.3 Å². The van der Waals surface area contributed by atoms with Crippen LogP contribution in [0.15, 0.2) is 138 Å². The smallest absolute Gasteiger partial charge is 0.164 e. The normalized spacial score (nSPS) is 12.7. The van der Waals surface area contributed by atoms with Crippen LogP contribution in [0.4, 0.5) is 0 Å². The fraction of sp³-hybridized carbons (Fsp3) is 0.0238. The summed E-state index contributed by atoms with van der Waals surface area (Å²) in [5.41, 5.74) is 6.88. The molecule has 3 heterocycles. The summed E-state index contributed by atoms with van der Waals surface area (Å²) in [6.07, 6.45) is 4.08. The van der Waals surface area contributed by atoms with E-state index < -0.39 is 0 Å². The van der Waals surface area contributed by atoms with E-state index in [0.717, 1.165) is 61.3 Å². The first-order chi connectivity index (χ1) is 23.3. The number of fused-ring (bicyclic) bond motifs is 8. The molecule has 220 valence electrons. The lowest BCUT2D eigenvalue weighted by Crippen LogP contribution is -2.09. The molecule has 1 aliphatic heterocycles. The standard InChI is InChI=1S/C42H26N4O/c1-2-9-26-20-29(17-16-25(26)8-1)40-44-41(34-14-7-15-37-39(34)36-22-30-24-43-19-18-27(30)23-38(36)47-37)46-42(45-40)35-21-28-10-3-4-11-31(28)32-12-5-6-13-33(32)35/h1-23,43H,24H2. The zero-order valence-corrected chi connectivity index (χ0v) is 25.2. The second-order valence-electron chi connectivity index (χ2n) is 12.1. The molecular formula is C42H26N4O. The molecule has 5 nitrogen and oxygen atoms in total. The molecule has 0 saturated heterocycles. The first-order valence-corrected chi connectivity index (χ1v) is 15.8. The van der Waals surface area contributed by atoms with Gasteiger partial charge in [-0.25, -0.2) is 15.0 Å². The SMILES string of the molecule is C1=Cc2cc3oc4cccc(-c5nc(-c6ccc7ccccc7c6)nc(-c6cc7ccccc7c7ccccc67)n5)c4c3cc2CN1. The van der Waals surface area contributed by atoms with Crippen LogP contribution in [0.2, 0.25) is 0 Å². The van der Waals surface area contributed by atoms with Crippen LogP contribution in [0, 0.1) is 0 Å². The number of aromatic nitrogens is 3. The largest absolute Gasteiger partial charge is 0.456 e. The van der Waals surface area contributed by atoms with Crippen molar-refractivity contribution in [2.75, 3.05) is 0 Å². The Morgan fingerprint density at radius 3 is 2.15 bits per heavy atom. The number of nitrogens with zero attached hydrogens (tertiary/aromatic N) is 3. The highest BCUT2D eigenvalue weighted by Gasteiger charge is 2.20. The second kappa shape index (κ2) is 10.1. The monoisotopic (exact) mass is 602 g/mol. The zero-order valence-electron chi connectivity index (χ0n) is 25.2. The van der Waals surface area contributed by atoms with Crippen molar-refractivity contribution >= 4 is 60.3 Å². The molecule has 7 aromatic carbocycles. The third kappa shape index (κ3) is 4.14. The minimum atomic E-state index is 0.611. The van der Waals surface area contributed by atoms with Crippen molar-refractivity contribution in [1.82, 2.24) is 20.3 Å². The van der Waals surface area contributed by atoms with Crippen LogP contribution in [0.1, 0.15) is 11.1 Å². The van der Waals surface area contributed by atoms with Crippen molar-refractivity contribution in [2.24, 2.45) is 0 Å². The summed E-state index contributed by atoms with van der Waals surface area (Å²) in [6.45, 7) is 0.771. The van der Waals surface area contributed by atoms with Gasteiger partial charge in [0.25, 0.3) is 0 Å². The molecule has 9 aromatic rings. The first-order valence-electron chi connectivity index (χ1n) is 15.8. The van der Waals surface area contributed by atoms with Crippen LogP contribution in [0.5, 0.6) is 0 Å². The highest BCUT2D eigenvalue weighted by molar-refractivity contribution is 6.14. The minimum absolute atomic E-state index is 0.611. The van der Waals surface area contributed by atoms with Gasteiger partial charge in [-0.2, -0.15) is 0 Å². The number of hydrogen-bond acceptors (Lipinski definition) is 5. The highest BCUT2D eigenvalue weighted by atomic mass is 16.3. The molecule has 10 rings (SSSR count). The molecule has 0 atom stereocenters. The van der Waals surface area contributed by atoms with Crippen molar-refractivity contribution in [3.63, 3.8) is 0 Å². The Bertz CT molecular complexity index is 2760. The molecule has 0 spiro atoms. The average molecular weight is 603 g/mol. The van der Waals surface area contributed by atoms with Crippen molar-refractivity contribution < 1.29 is 4.42 Å². The summed E-state index contributed by atoms with van der Waals surface area (Å²) >= 11 is 0. The van der Waals surface area contributed by atoms with Crippen molar-refractivity contribution in [2.45, 2.75) is 6.54 Å². The molecule has 0 aliphatic carbocycles. The summed E-state index contributed by atoms with van der Waals surface area (Å²) in [5.74, 6) is 1.88. The molecular weight excluding hydrogens is 576 g/mol. The van der Waals surface area contributed by atoms with E-state index in [1.54, 1.807) is 0 Å². The maximum Gasteiger partial charge on any atom is 0.164 e.